The van der Waals surface area contributed by atoms with Crippen LogP contribution in [-0.2, 0) is 9.59 Å². The molecule has 0 aromatic carbocycles. The first kappa shape index (κ1) is 16.2. The van der Waals surface area contributed by atoms with E-state index in [-0.39, 0.29) is 23.8 Å². The largest absolute Gasteiger partial charge is 0.344 e. The highest BCUT2D eigenvalue weighted by atomic mass is 16.2. The highest BCUT2D eigenvalue weighted by Crippen LogP contribution is 2.21. The Balaban J connectivity index is 1.99. The van der Waals surface area contributed by atoms with Gasteiger partial charge in [-0.25, -0.2) is 0 Å². The molecular weight excluding hydrogens is 268 g/mol. The molecule has 6 nitrogen and oxygen atoms in total. The molecule has 2 atom stereocenters. The van der Waals surface area contributed by atoms with Gasteiger partial charge in [0.15, 0.2) is 0 Å². The zero-order valence-corrected chi connectivity index (χ0v) is 13.3. The Labute approximate surface area is 127 Å². The summed E-state index contributed by atoms with van der Waals surface area (Å²) in [5.74, 6) is 0.0220. The average molecular weight is 296 g/mol. The van der Waals surface area contributed by atoms with Gasteiger partial charge in [-0.3, -0.25) is 9.59 Å². The van der Waals surface area contributed by atoms with Gasteiger partial charge in [0, 0.05) is 58.2 Å². The second-order valence-electron chi connectivity index (χ2n) is 6.49. The molecule has 0 saturated carbocycles. The fourth-order valence-electron chi connectivity index (χ4n) is 3.14. The minimum Gasteiger partial charge on any atom is -0.344 e. The Morgan fingerprint density at radius 2 is 1.81 bits per heavy atom. The highest BCUT2D eigenvalue weighted by molar-refractivity contribution is 5.86. The number of nitrogens with two attached hydrogens (primary N) is 1. The van der Waals surface area contributed by atoms with E-state index < -0.39 is 0 Å². The van der Waals surface area contributed by atoms with Gasteiger partial charge < -0.3 is 20.4 Å². The van der Waals surface area contributed by atoms with E-state index in [1.165, 1.54) is 0 Å². The van der Waals surface area contributed by atoms with Gasteiger partial charge in [-0.15, -0.1) is 0 Å². The van der Waals surface area contributed by atoms with E-state index in [9.17, 15) is 9.59 Å². The molecule has 0 aromatic heterocycles. The van der Waals surface area contributed by atoms with Crippen LogP contribution in [0.2, 0.25) is 0 Å². The molecule has 2 fully saturated rings. The van der Waals surface area contributed by atoms with Gasteiger partial charge in [0.25, 0.3) is 0 Å². The summed E-state index contributed by atoms with van der Waals surface area (Å²) in [6.07, 6.45) is 2.91. The van der Waals surface area contributed by atoms with Crippen molar-refractivity contribution >= 4 is 11.8 Å². The van der Waals surface area contributed by atoms with E-state index in [0.717, 1.165) is 45.4 Å². The average Bonchev–Trinajstić information content (AvgIpc) is 2.51. The number of piperazine rings is 1. The monoisotopic (exact) mass is 296 g/mol. The summed E-state index contributed by atoms with van der Waals surface area (Å²) in [6.45, 7) is 3.97. The summed E-state index contributed by atoms with van der Waals surface area (Å²) in [5.41, 5.74) is 6.01. The first-order chi connectivity index (χ1) is 9.97. The number of hydrogen-bond donors (Lipinski definition) is 1. The molecule has 2 amide bonds. The Kier molecular flexibility index (Phi) is 5.58. The molecule has 2 N–H and O–H groups in total. The third-order valence-corrected chi connectivity index (χ3v) is 4.65. The van der Waals surface area contributed by atoms with E-state index in [1.54, 1.807) is 11.9 Å². The van der Waals surface area contributed by atoms with Crippen LogP contribution in [0.3, 0.4) is 0 Å². The first-order valence-electron chi connectivity index (χ1n) is 7.94. The summed E-state index contributed by atoms with van der Waals surface area (Å²) in [5, 5.41) is 0. The van der Waals surface area contributed by atoms with Crippen molar-refractivity contribution in [2.75, 3.05) is 46.8 Å². The standard InChI is InChI=1S/C15H28N4O2/c1-17-6-8-19(9-7-17)15(21)12-4-3-5-13(16)11-18(2)14(20)10-12/h12-13H,3-11,16H2,1-2H3/t12-,13-/m1/s1. The van der Waals surface area contributed by atoms with Crippen LogP contribution < -0.4 is 5.73 Å². The van der Waals surface area contributed by atoms with Crippen LogP contribution >= 0.6 is 0 Å². The fourth-order valence-corrected chi connectivity index (χ4v) is 3.14. The number of nitrogens with zero attached hydrogens (tertiary/aromatic N) is 3. The van der Waals surface area contributed by atoms with Crippen LogP contribution in [0, 0.1) is 5.92 Å². The quantitative estimate of drug-likeness (QED) is 0.723. The molecule has 2 heterocycles. The first-order valence-corrected chi connectivity index (χ1v) is 7.94. The summed E-state index contributed by atoms with van der Waals surface area (Å²) in [7, 11) is 3.85. The maximum atomic E-state index is 12.7. The number of hydrogen-bond acceptors (Lipinski definition) is 4. The van der Waals surface area contributed by atoms with Crippen molar-refractivity contribution in [1.29, 1.82) is 0 Å². The van der Waals surface area contributed by atoms with Crippen molar-refractivity contribution in [3.05, 3.63) is 0 Å². The zero-order valence-electron chi connectivity index (χ0n) is 13.3. The van der Waals surface area contributed by atoms with Gasteiger partial charge in [0.1, 0.15) is 0 Å². The Morgan fingerprint density at radius 3 is 2.48 bits per heavy atom. The van der Waals surface area contributed by atoms with E-state index in [2.05, 4.69) is 11.9 Å². The van der Waals surface area contributed by atoms with Gasteiger partial charge in [-0.2, -0.15) is 0 Å². The number of rotatable bonds is 1. The number of amides is 2. The number of carbonyl (C=O) groups is 2. The molecule has 0 aliphatic carbocycles. The third kappa shape index (κ3) is 4.41. The summed E-state index contributed by atoms with van der Waals surface area (Å²) >= 11 is 0. The summed E-state index contributed by atoms with van der Waals surface area (Å²) in [6, 6.07) is 0.0245. The van der Waals surface area contributed by atoms with Crippen molar-refractivity contribution in [3.63, 3.8) is 0 Å². The predicted octanol–water partition coefficient (Wildman–Crippen LogP) is -0.264. The SMILES string of the molecule is CN1CCN(C(=O)[C@@H]2CCC[C@@H](N)CN(C)C(=O)C2)CC1. The molecule has 2 rings (SSSR count). The molecule has 0 unspecified atom stereocenters. The van der Waals surface area contributed by atoms with Gasteiger partial charge in [-0.05, 0) is 19.9 Å². The lowest BCUT2D eigenvalue weighted by Crippen LogP contribution is -2.49. The second-order valence-corrected chi connectivity index (χ2v) is 6.49. The molecule has 2 aliphatic rings. The maximum Gasteiger partial charge on any atom is 0.226 e. The highest BCUT2D eigenvalue weighted by Gasteiger charge is 2.30. The van der Waals surface area contributed by atoms with Crippen LogP contribution in [0.1, 0.15) is 25.7 Å². The van der Waals surface area contributed by atoms with Crippen molar-refractivity contribution in [2.45, 2.75) is 31.7 Å². The minimum absolute atomic E-state index is 0.0245. The second kappa shape index (κ2) is 7.22. The maximum absolute atomic E-state index is 12.7. The molecule has 2 saturated heterocycles. The van der Waals surface area contributed by atoms with Gasteiger partial charge >= 0.3 is 0 Å². The fraction of sp³-hybridized carbons (Fsp3) is 0.867. The molecule has 0 spiro atoms. The van der Waals surface area contributed by atoms with Gasteiger partial charge in [0.05, 0.1) is 0 Å². The molecule has 0 aromatic rings. The lowest BCUT2D eigenvalue weighted by Gasteiger charge is -2.34. The Bertz CT molecular complexity index is 380. The van der Waals surface area contributed by atoms with E-state index in [1.807, 2.05) is 4.90 Å². The molecule has 2 aliphatic heterocycles. The Morgan fingerprint density at radius 1 is 1.14 bits per heavy atom. The molecule has 120 valence electrons. The number of carbonyl (C=O) groups excluding carboxylic acids is 2. The molecule has 6 heteroatoms. The third-order valence-electron chi connectivity index (χ3n) is 4.65. The summed E-state index contributed by atoms with van der Waals surface area (Å²) < 4.78 is 0. The smallest absolute Gasteiger partial charge is 0.226 e. The van der Waals surface area contributed by atoms with Crippen LogP contribution in [0.15, 0.2) is 0 Å². The van der Waals surface area contributed by atoms with Crippen LogP contribution in [-0.4, -0.2) is 79.4 Å². The van der Waals surface area contributed by atoms with E-state index >= 15 is 0 Å². The van der Waals surface area contributed by atoms with Crippen LogP contribution in [0.25, 0.3) is 0 Å². The predicted molar refractivity (Wildman–Crippen MR) is 81.6 cm³/mol. The minimum atomic E-state index is -0.173. The van der Waals surface area contributed by atoms with Crippen molar-refractivity contribution < 1.29 is 9.59 Å². The van der Waals surface area contributed by atoms with Crippen LogP contribution in [0.4, 0.5) is 0 Å². The molecule has 0 radical (unpaired) electrons. The normalized spacial score (nSPS) is 29.8. The van der Waals surface area contributed by atoms with Crippen molar-refractivity contribution in [1.82, 2.24) is 14.7 Å². The van der Waals surface area contributed by atoms with Gasteiger partial charge in [-0.1, -0.05) is 6.42 Å². The van der Waals surface area contributed by atoms with Crippen molar-refractivity contribution in [2.24, 2.45) is 11.7 Å². The lowest BCUT2D eigenvalue weighted by molar-refractivity contribution is -0.142. The van der Waals surface area contributed by atoms with Gasteiger partial charge in [0.2, 0.25) is 11.8 Å². The van der Waals surface area contributed by atoms with E-state index in [4.69, 9.17) is 5.73 Å². The van der Waals surface area contributed by atoms with Crippen molar-refractivity contribution in [3.8, 4) is 0 Å². The summed E-state index contributed by atoms with van der Waals surface area (Å²) in [4.78, 5) is 30.7. The topological polar surface area (TPSA) is 69.9 Å². The number of likely N-dealkylation sites (N-methyl/N-ethyl adjacent to an activating group) is 2. The van der Waals surface area contributed by atoms with Crippen LogP contribution in [0.5, 0.6) is 0 Å². The lowest BCUT2D eigenvalue weighted by atomic mass is 9.95. The molecular formula is C15H28N4O2. The molecule has 0 bridgehead atoms. The Hall–Kier alpha value is -1.14. The zero-order chi connectivity index (χ0) is 15.4. The molecule has 21 heavy (non-hydrogen) atoms. The van der Waals surface area contributed by atoms with E-state index in [0.29, 0.717) is 13.0 Å².